The van der Waals surface area contributed by atoms with Crippen molar-refractivity contribution in [3.63, 3.8) is 0 Å². The van der Waals surface area contributed by atoms with Gasteiger partial charge in [-0.25, -0.2) is 9.97 Å². The van der Waals surface area contributed by atoms with Gasteiger partial charge in [-0.15, -0.1) is 10.2 Å². The topological polar surface area (TPSA) is 83.5 Å². The molecule has 4 aromatic rings. The quantitative estimate of drug-likeness (QED) is 0.487. The van der Waals surface area contributed by atoms with Crippen LogP contribution in [0.25, 0.3) is 22.5 Å². The number of H-pyrrole nitrogens is 1. The normalized spacial score (nSPS) is 11.1. The van der Waals surface area contributed by atoms with Crippen LogP contribution in [0.4, 0.5) is 5.95 Å². The van der Waals surface area contributed by atoms with Crippen molar-refractivity contribution < 1.29 is 0 Å². The van der Waals surface area contributed by atoms with Crippen molar-refractivity contribution in [1.82, 2.24) is 30.6 Å². The van der Waals surface area contributed by atoms with Crippen molar-refractivity contribution >= 4 is 5.95 Å². The highest BCUT2D eigenvalue weighted by atomic mass is 15.5. The van der Waals surface area contributed by atoms with Gasteiger partial charge in [-0.2, -0.15) is 5.21 Å². The molecule has 0 saturated carbocycles. The van der Waals surface area contributed by atoms with Gasteiger partial charge in [0.1, 0.15) is 0 Å². The Labute approximate surface area is 169 Å². The maximum absolute atomic E-state index is 4.39. The smallest absolute Gasteiger partial charge is 0.225 e. The lowest BCUT2D eigenvalue weighted by atomic mass is 9.98. The van der Waals surface area contributed by atoms with Crippen molar-refractivity contribution in [3.8, 4) is 22.5 Å². The Bertz CT molecular complexity index is 1060. The molecule has 144 valence electrons. The van der Waals surface area contributed by atoms with Gasteiger partial charge >= 0.3 is 0 Å². The maximum atomic E-state index is 4.39. The van der Waals surface area contributed by atoms with E-state index in [4.69, 9.17) is 0 Å². The van der Waals surface area contributed by atoms with E-state index in [2.05, 4.69) is 71.9 Å². The van der Waals surface area contributed by atoms with Crippen LogP contribution in [0.2, 0.25) is 0 Å². The third-order valence-corrected chi connectivity index (χ3v) is 4.55. The molecule has 0 unspecified atom stereocenters. The molecule has 0 spiro atoms. The molecule has 0 radical (unpaired) electrons. The summed E-state index contributed by atoms with van der Waals surface area (Å²) in [6.45, 7) is 3.49. The van der Waals surface area contributed by atoms with E-state index >= 15 is 0 Å². The second kappa shape index (κ2) is 8.88. The molecule has 2 aromatic heterocycles. The number of aromatic nitrogens is 6. The molecule has 0 aliphatic carbocycles. The van der Waals surface area contributed by atoms with E-state index in [1.807, 2.05) is 37.3 Å². The van der Waals surface area contributed by atoms with Crippen molar-refractivity contribution in [2.75, 3.05) is 11.4 Å². The Morgan fingerprint density at radius 1 is 0.931 bits per heavy atom. The summed E-state index contributed by atoms with van der Waals surface area (Å²) in [6, 6.07) is 18.4. The van der Waals surface area contributed by atoms with Crippen molar-refractivity contribution in [3.05, 3.63) is 84.7 Å². The molecule has 2 aromatic carbocycles. The summed E-state index contributed by atoms with van der Waals surface area (Å²) in [7, 11) is 0. The molecule has 2 heterocycles. The van der Waals surface area contributed by atoms with Crippen LogP contribution < -0.4 is 4.90 Å². The number of anilines is 1. The Hall–Kier alpha value is -3.87. The summed E-state index contributed by atoms with van der Waals surface area (Å²) in [6.07, 6.45) is 7.67. The number of aromatic amines is 1. The number of nitrogens with zero attached hydrogens (tertiary/aromatic N) is 6. The standard InChI is InChI=1S/C22H21N7/c1-2-3-15-29(22-23-13-6-14-24-22)16-17-9-11-18(12-10-17)19-7-4-5-8-20(19)21-25-27-28-26-21/h2-14H,15-16H2,1H3,(H,25,26,27,28)/b3-2+. The number of hydrogen-bond donors (Lipinski definition) is 1. The van der Waals surface area contributed by atoms with Crippen molar-refractivity contribution in [1.29, 1.82) is 0 Å². The first-order valence-corrected chi connectivity index (χ1v) is 9.40. The molecule has 4 rings (SSSR count). The Kier molecular flexibility index (Phi) is 5.66. The second-order valence-corrected chi connectivity index (χ2v) is 6.48. The van der Waals surface area contributed by atoms with Crippen LogP contribution in [-0.2, 0) is 6.54 Å². The summed E-state index contributed by atoms with van der Waals surface area (Å²) in [5.41, 5.74) is 4.30. The first-order valence-electron chi connectivity index (χ1n) is 9.40. The monoisotopic (exact) mass is 383 g/mol. The molecule has 0 atom stereocenters. The molecule has 1 N–H and O–H groups in total. The van der Waals surface area contributed by atoms with E-state index < -0.39 is 0 Å². The van der Waals surface area contributed by atoms with Crippen LogP contribution in [0.5, 0.6) is 0 Å². The number of benzene rings is 2. The molecule has 0 saturated heterocycles. The van der Waals surface area contributed by atoms with Gasteiger partial charge in [0, 0.05) is 31.0 Å². The zero-order valence-corrected chi connectivity index (χ0v) is 16.1. The van der Waals surface area contributed by atoms with Crippen LogP contribution in [0.15, 0.2) is 79.1 Å². The molecule has 29 heavy (non-hydrogen) atoms. The fourth-order valence-corrected chi connectivity index (χ4v) is 3.12. The van der Waals surface area contributed by atoms with E-state index in [-0.39, 0.29) is 0 Å². The summed E-state index contributed by atoms with van der Waals surface area (Å²) in [5.74, 6) is 1.31. The van der Waals surface area contributed by atoms with Gasteiger partial charge in [0.05, 0.1) is 0 Å². The minimum absolute atomic E-state index is 0.587. The maximum Gasteiger partial charge on any atom is 0.225 e. The van der Waals surface area contributed by atoms with Crippen molar-refractivity contribution in [2.24, 2.45) is 0 Å². The molecule has 0 bridgehead atoms. The number of tetrazole rings is 1. The lowest BCUT2D eigenvalue weighted by Crippen LogP contribution is -2.24. The first-order chi connectivity index (χ1) is 14.3. The number of allylic oxidation sites excluding steroid dienone is 1. The summed E-state index contributed by atoms with van der Waals surface area (Å²) in [5, 5.41) is 14.4. The zero-order valence-electron chi connectivity index (χ0n) is 16.1. The largest absolute Gasteiger partial charge is 0.333 e. The van der Waals surface area contributed by atoms with Crippen LogP contribution in [0.1, 0.15) is 12.5 Å². The molecule has 7 heteroatoms. The minimum atomic E-state index is 0.587. The van der Waals surface area contributed by atoms with Crippen LogP contribution >= 0.6 is 0 Å². The molecule has 0 amide bonds. The molecular weight excluding hydrogens is 362 g/mol. The fraction of sp³-hybridized carbons (Fsp3) is 0.136. The van der Waals surface area contributed by atoms with Gasteiger partial charge in [-0.1, -0.05) is 60.7 Å². The average molecular weight is 383 g/mol. The Balaban J connectivity index is 1.58. The second-order valence-electron chi connectivity index (χ2n) is 6.48. The fourth-order valence-electron chi connectivity index (χ4n) is 3.12. The van der Waals surface area contributed by atoms with E-state index in [1.54, 1.807) is 12.4 Å². The van der Waals surface area contributed by atoms with Gasteiger partial charge in [0.25, 0.3) is 0 Å². The number of nitrogens with one attached hydrogen (secondary N) is 1. The molecular formula is C22H21N7. The van der Waals surface area contributed by atoms with Gasteiger partial charge in [0.15, 0.2) is 0 Å². The number of hydrogen-bond acceptors (Lipinski definition) is 6. The zero-order chi connectivity index (χ0) is 19.9. The van der Waals surface area contributed by atoms with E-state index in [1.165, 1.54) is 5.56 Å². The predicted octanol–water partition coefficient (Wildman–Crippen LogP) is 3.91. The van der Waals surface area contributed by atoms with Gasteiger partial charge in [0.2, 0.25) is 11.8 Å². The number of rotatable bonds is 7. The van der Waals surface area contributed by atoms with Gasteiger partial charge < -0.3 is 4.90 Å². The van der Waals surface area contributed by atoms with E-state index in [0.29, 0.717) is 5.82 Å². The molecule has 0 aliphatic rings. The predicted molar refractivity (Wildman–Crippen MR) is 113 cm³/mol. The lowest BCUT2D eigenvalue weighted by molar-refractivity contribution is 0.820. The highest BCUT2D eigenvalue weighted by molar-refractivity contribution is 5.80. The Morgan fingerprint density at radius 3 is 2.38 bits per heavy atom. The molecule has 0 fully saturated rings. The van der Waals surface area contributed by atoms with Gasteiger partial charge in [-0.05, 0) is 34.9 Å². The van der Waals surface area contributed by atoms with E-state index in [9.17, 15) is 0 Å². The highest BCUT2D eigenvalue weighted by Crippen LogP contribution is 2.29. The van der Waals surface area contributed by atoms with E-state index in [0.717, 1.165) is 35.7 Å². The Morgan fingerprint density at radius 2 is 1.69 bits per heavy atom. The highest BCUT2D eigenvalue weighted by Gasteiger charge is 2.12. The molecule has 7 nitrogen and oxygen atoms in total. The van der Waals surface area contributed by atoms with Crippen LogP contribution in [0.3, 0.4) is 0 Å². The first kappa shape index (κ1) is 18.5. The SMILES string of the molecule is C/C=C/CN(Cc1ccc(-c2ccccc2-c2nn[nH]n2)cc1)c1ncccn1. The molecule has 0 aliphatic heterocycles. The van der Waals surface area contributed by atoms with Crippen LogP contribution in [0, 0.1) is 0 Å². The van der Waals surface area contributed by atoms with Crippen molar-refractivity contribution in [2.45, 2.75) is 13.5 Å². The third kappa shape index (κ3) is 4.35. The third-order valence-electron chi connectivity index (χ3n) is 4.55. The summed E-state index contributed by atoms with van der Waals surface area (Å²) in [4.78, 5) is 10.9. The minimum Gasteiger partial charge on any atom is -0.333 e. The lowest BCUT2D eigenvalue weighted by Gasteiger charge is -2.21. The summed E-state index contributed by atoms with van der Waals surface area (Å²) < 4.78 is 0. The van der Waals surface area contributed by atoms with Gasteiger partial charge in [-0.3, -0.25) is 0 Å². The average Bonchev–Trinajstić information content (AvgIpc) is 3.32. The van der Waals surface area contributed by atoms with Crippen LogP contribution in [-0.4, -0.2) is 37.1 Å². The summed E-state index contributed by atoms with van der Waals surface area (Å²) >= 11 is 0.